The van der Waals surface area contributed by atoms with Crippen molar-refractivity contribution in [2.24, 2.45) is 0 Å². The minimum atomic E-state index is -1.43. The molecule has 3 saturated carbocycles. The van der Waals surface area contributed by atoms with Gasteiger partial charge in [0.25, 0.3) is 0 Å². The molecule has 0 radical (unpaired) electrons. The van der Waals surface area contributed by atoms with Crippen LogP contribution in [0.1, 0.15) is 177 Å². The molecule has 6 aromatic heterocycles. The monoisotopic (exact) mass is 1880 g/mol. The molecule has 20 nitrogen and oxygen atoms in total. The minimum Gasteiger partial charge on any atom is -0.499 e. The average molecular weight is 1890 g/mol. The molecule has 30 heteroatoms. The smallest absolute Gasteiger partial charge is 0.163 e. The fraction of sp³-hybridized carbons (Fsp3) is 0.202. The lowest BCUT2D eigenvalue weighted by Crippen LogP contribution is -2.07. The SMILES string of the molecule is C=C(C)OCC.[2H][C@@](Cc1cc(Cl)c2ncc(C#N)c(Nc3cccc(Cl)c3)c2c1)(c1ccc(F)cc1)c1cn(C2CC2)nn1.[2H][C@@](Cc1cc(Cl)c2ncc(C#N)c(Nc3cccc(Cl)c3C(C)=O)c2c1)(c1ccc(F)cc1)c1cn(C2CC2)nn1.[2H][C@@](Cc1cc(Cl)c2ncc(C#N)c(Nc3cccc(Cl)c3I)c2c1)(c1ccc(F)cc1)c1cn(C2CC2)nn1. The summed E-state index contributed by atoms with van der Waals surface area (Å²) in [6, 6.07) is 53.5. The number of Topliss-reactive ketones (excluding diaryl/α,β-unsaturated/α-hetero) is 1. The number of anilines is 6. The van der Waals surface area contributed by atoms with Crippen LogP contribution in [0.25, 0.3) is 32.7 Å². The lowest BCUT2D eigenvalue weighted by atomic mass is 9.89. The van der Waals surface area contributed by atoms with Gasteiger partial charge in [-0.2, -0.15) is 15.8 Å². The third-order valence-corrected chi connectivity index (χ3v) is 23.8. The Morgan fingerprint density at radius 2 is 0.855 bits per heavy atom. The zero-order valence-electron chi connectivity index (χ0n) is 69.4. The first-order chi connectivity index (χ1) is 61.0. The van der Waals surface area contributed by atoms with Crippen LogP contribution in [-0.4, -0.2) is 72.3 Å². The summed E-state index contributed by atoms with van der Waals surface area (Å²) < 4.78 is 81.5. The van der Waals surface area contributed by atoms with Crippen LogP contribution in [0.4, 0.5) is 47.3 Å². The Morgan fingerprint density at radius 3 is 1.19 bits per heavy atom. The van der Waals surface area contributed by atoms with Crippen molar-refractivity contribution in [2.75, 3.05) is 22.6 Å². The second-order valence-corrected chi connectivity index (χ2v) is 33.2. The number of halogens is 10. The number of carbonyl (C=O) groups is 1. The number of ether oxygens (including phenoxy) is 1. The van der Waals surface area contributed by atoms with Gasteiger partial charge in [-0.25, -0.2) is 27.2 Å². The number of nitrogens with zero attached hydrogens (tertiary/aromatic N) is 15. The summed E-state index contributed by atoms with van der Waals surface area (Å²) in [6.07, 6.45) is 16.3. The number of pyridine rings is 3. The van der Waals surface area contributed by atoms with E-state index in [0.29, 0.717) is 149 Å². The molecule has 9 aromatic carbocycles. The van der Waals surface area contributed by atoms with Crippen molar-refractivity contribution in [1.82, 2.24) is 59.9 Å². The van der Waals surface area contributed by atoms with Crippen LogP contribution in [0.3, 0.4) is 0 Å². The Balaban J connectivity index is 0.000000142. The molecule has 0 aliphatic heterocycles. The number of aromatic nitrogens is 12. The van der Waals surface area contributed by atoms with Crippen LogP contribution in [-0.2, 0) is 24.0 Å². The Morgan fingerprint density at radius 1 is 0.500 bits per heavy atom. The highest BCUT2D eigenvalue weighted by Gasteiger charge is 2.32. The summed E-state index contributed by atoms with van der Waals surface area (Å²) >= 11 is 41.2. The maximum Gasteiger partial charge on any atom is 0.163 e. The van der Waals surface area contributed by atoms with Crippen molar-refractivity contribution in [3.63, 3.8) is 0 Å². The number of nitrogens with one attached hydrogen (secondary N) is 3. The highest BCUT2D eigenvalue weighted by Crippen LogP contribution is 2.45. The van der Waals surface area contributed by atoms with E-state index in [1.807, 2.05) is 56.3 Å². The molecular weight excluding hydrogens is 1810 g/mol. The molecule has 0 unspecified atom stereocenters. The van der Waals surface area contributed by atoms with Gasteiger partial charge in [0.1, 0.15) is 35.7 Å². The van der Waals surface area contributed by atoms with Gasteiger partial charge in [-0.1, -0.05) is 146 Å². The molecule has 6 heterocycles. The van der Waals surface area contributed by atoms with E-state index >= 15 is 0 Å². The van der Waals surface area contributed by atoms with Crippen LogP contribution in [0.5, 0.6) is 0 Å². The predicted octanol–water partition coefficient (Wildman–Crippen LogP) is 25.2. The molecule has 3 N–H and O–H groups in total. The number of nitriles is 3. The largest absolute Gasteiger partial charge is 0.499 e. The van der Waals surface area contributed by atoms with Gasteiger partial charge >= 0.3 is 0 Å². The summed E-state index contributed by atoms with van der Waals surface area (Å²) in [6.45, 7) is 9.45. The molecular formula is C94H74Cl6F3IN18O2. The molecule has 3 aliphatic carbocycles. The summed E-state index contributed by atoms with van der Waals surface area (Å²) in [5.41, 5.74) is 11.1. The molecule has 0 amide bonds. The van der Waals surface area contributed by atoms with Crippen molar-refractivity contribution in [2.45, 2.75) is 114 Å². The number of allylic oxidation sites excluding steroid dienone is 1. The first kappa shape index (κ1) is 82.9. The topological polar surface area (TPSA) is 265 Å². The van der Waals surface area contributed by atoms with Gasteiger partial charge in [0.2, 0.25) is 0 Å². The maximum atomic E-state index is 13.9. The molecule has 0 saturated heterocycles. The molecule has 18 rings (SSSR count). The van der Waals surface area contributed by atoms with Crippen LogP contribution >= 0.6 is 92.2 Å². The Bertz CT molecular complexity index is 6880. The van der Waals surface area contributed by atoms with Crippen LogP contribution in [0.15, 0.2) is 219 Å². The Hall–Kier alpha value is -12.0. The minimum absolute atomic E-state index is 0.115. The van der Waals surface area contributed by atoms with Crippen LogP contribution < -0.4 is 16.0 Å². The molecule has 622 valence electrons. The Labute approximate surface area is 759 Å². The highest BCUT2D eigenvalue weighted by molar-refractivity contribution is 14.1. The van der Waals surface area contributed by atoms with Gasteiger partial charge in [0.15, 0.2) is 5.78 Å². The van der Waals surface area contributed by atoms with E-state index < -0.39 is 23.5 Å². The van der Waals surface area contributed by atoms with Crippen molar-refractivity contribution in [1.29, 1.82) is 15.8 Å². The molecule has 0 spiro atoms. The van der Waals surface area contributed by atoms with Crippen molar-refractivity contribution >= 4 is 165 Å². The molecule has 3 aliphatic rings. The molecule has 3 atom stereocenters. The number of hydrogen-bond donors (Lipinski definition) is 3. The van der Waals surface area contributed by atoms with E-state index in [4.69, 9.17) is 74.3 Å². The zero-order valence-corrected chi connectivity index (χ0v) is 73.1. The van der Waals surface area contributed by atoms with E-state index in [0.717, 1.165) is 71.3 Å². The van der Waals surface area contributed by atoms with E-state index in [1.54, 1.807) is 124 Å². The second kappa shape index (κ2) is 38.8. The summed E-state index contributed by atoms with van der Waals surface area (Å²) in [4.78, 5) is 25.7. The van der Waals surface area contributed by atoms with Gasteiger partial charge in [-0.15, -0.1) is 15.3 Å². The van der Waals surface area contributed by atoms with E-state index in [9.17, 15) is 37.9 Å². The van der Waals surface area contributed by atoms with E-state index in [-0.39, 0.29) is 58.9 Å². The number of benzene rings is 9. The average Bonchev–Trinajstić information content (AvgIpc) is 1.76. The Kier molecular flexibility index (Phi) is 25.9. The van der Waals surface area contributed by atoms with Crippen LogP contribution in [0, 0.1) is 55.0 Å². The number of hydrogen-bond acceptors (Lipinski definition) is 17. The maximum absolute atomic E-state index is 13.9. The highest BCUT2D eigenvalue weighted by atomic mass is 127. The van der Waals surface area contributed by atoms with Crippen LogP contribution in [0.2, 0.25) is 30.1 Å². The van der Waals surface area contributed by atoms with Gasteiger partial charge in [-0.05, 0) is 250 Å². The molecule has 15 aromatic rings. The van der Waals surface area contributed by atoms with Crippen molar-refractivity contribution < 1.29 is 26.8 Å². The summed E-state index contributed by atoms with van der Waals surface area (Å²) in [7, 11) is 0. The van der Waals surface area contributed by atoms with Gasteiger partial charge in [0, 0.05) is 85.8 Å². The standard InChI is InChI=1S/C31H23Cl2FN6O.C29H20Cl2FIN6.C29H21Cl2FN6.C5H10O/c1-17(41)29-25(32)3-2-4-27(29)37-30-20(14-35)15-36-31-24(30)12-18(13-26(31)33)11-23(19-5-7-21(34)8-6-19)28-16-40(39-38-28)22-9-10-22;30-23-2-1-3-25(27(23)33)36-28-18(13-34)14-35-29-22(28)11-16(12-24(29)31)10-21(17-4-6-19(32)7-5-17)26-15-39(38-37-26)20-8-9-20;30-20-2-1-3-22(13-20)35-28-19(14-33)15-34-29-25(28)11-17(12-26(29)31)10-24(18-4-6-21(32)7-5-18)27-16-38(37-36-27)23-8-9-23;1-4-6-5(2)3/h2-8,12-13,15-16,22-23H,9-11H2,1H3,(H,36,37);1-7,11-12,14-15,20-21H,8-10H2,(H,35,36);1-7,11-13,15-16,23-24H,8-10H2,(H,34,35);2,4H2,1,3H3/t23-;21-;24-;/m111./s1/i23D;21D;24D;. The lowest BCUT2D eigenvalue weighted by Gasteiger charge is -2.18. The zero-order chi connectivity index (χ0) is 89.8. The third kappa shape index (κ3) is 20.6. The summed E-state index contributed by atoms with van der Waals surface area (Å²) in [5.74, 6) is -4.82. The fourth-order valence-corrected chi connectivity index (χ4v) is 16.1. The number of rotatable bonds is 24. The predicted molar refractivity (Wildman–Crippen MR) is 488 cm³/mol. The number of carbonyl (C=O) groups excluding carboxylic acids is 1. The van der Waals surface area contributed by atoms with Gasteiger partial charge in [-0.3, -0.25) is 19.7 Å². The second-order valence-electron chi connectivity index (χ2n) is 29.7. The quantitative estimate of drug-likeness (QED) is 0.0288. The first-order valence-electron chi connectivity index (χ1n) is 40.7. The molecule has 124 heavy (non-hydrogen) atoms. The van der Waals surface area contributed by atoms with E-state index in [2.05, 4.69) is 109 Å². The molecule has 0 bridgehead atoms. The van der Waals surface area contributed by atoms with E-state index in [1.165, 1.54) is 61.9 Å². The lowest BCUT2D eigenvalue weighted by molar-refractivity contribution is 0.101. The molecule has 3 fully saturated rings. The summed E-state index contributed by atoms with van der Waals surface area (Å²) in [5, 5.41) is 69.7. The number of fused-ring (bicyclic) bond motifs is 3. The fourth-order valence-electron chi connectivity index (χ4n) is 14.1. The number of ketones is 1. The van der Waals surface area contributed by atoms with Crippen molar-refractivity contribution in [3.8, 4) is 18.2 Å². The third-order valence-electron chi connectivity index (χ3n) is 20.6. The van der Waals surface area contributed by atoms with Gasteiger partial charge < -0.3 is 20.7 Å². The van der Waals surface area contributed by atoms with Crippen molar-refractivity contribution in [3.05, 3.63) is 343 Å². The normalized spacial score (nSPS) is 14.6. The van der Waals surface area contributed by atoms with Gasteiger partial charge in [0.05, 0.1) is 143 Å². The first-order valence-corrected chi connectivity index (χ1v) is 42.6.